The van der Waals surface area contributed by atoms with Gasteiger partial charge in [-0.2, -0.15) is 0 Å². The minimum absolute atomic E-state index is 0.174. The van der Waals surface area contributed by atoms with Gasteiger partial charge in [-0.25, -0.2) is 4.39 Å². The quantitative estimate of drug-likeness (QED) is 0.712. The van der Waals surface area contributed by atoms with Gasteiger partial charge < -0.3 is 10.1 Å². The number of hydrogen-bond donors (Lipinski definition) is 1. The molecule has 0 saturated heterocycles. The Morgan fingerprint density at radius 1 is 1.08 bits per heavy atom. The average molecular weight is 350 g/mol. The predicted molar refractivity (Wildman–Crippen MR) is 97.7 cm³/mol. The molecule has 0 aliphatic rings. The van der Waals surface area contributed by atoms with Crippen molar-refractivity contribution in [1.29, 1.82) is 0 Å². The van der Waals surface area contributed by atoms with Gasteiger partial charge in [-0.05, 0) is 48.4 Å². The van der Waals surface area contributed by atoms with Gasteiger partial charge in [0.15, 0.2) is 11.6 Å². The summed E-state index contributed by atoms with van der Waals surface area (Å²) in [6.45, 7) is 2.40. The average Bonchev–Trinajstić information content (AvgIpc) is 2.69. The summed E-state index contributed by atoms with van der Waals surface area (Å²) in [6.07, 6.45) is 2.42. The number of aromatic nitrogens is 1. The van der Waals surface area contributed by atoms with Crippen LogP contribution in [0.5, 0.6) is 11.5 Å². The molecular formula is C21H19FN2O2. The molecule has 132 valence electrons. The summed E-state index contributed by atoms with van der Waals surface area (Å²) in [5.74, 6) is 0.125. The van der Waals surface area contributed by atoms with Crippen molar-refractivity contribution in [3.63, 3.8) is 0 Å². The van der Waals surface area contributed by atoms with Crippen molar-refractivity contribution in [3.8, 4) is 11.5 Å². The number of carbonyl (C=O) groups is 1. The van der Waals surface area contributed by atoms with E-state index < -0.39 is 5.82 Å². The first-order chi connectivity index (χ1) is 12.7. The van der Waals surface area contributed by atoms with E-state index in [-0.39, 0.29) is 11.7 Å². The summed E-state index contributed by atoms with van der Waals surface area (Å²) in [5.41, 5.74) is 2.39. The molecule has 1 N–H and O–H groups in total. The minimum atomic E-state index is -0.411. The highest BCUT2D eigenvalue weighted by Gasteiger charge is 2.07. The fourth-order valence-corrected chi connectivity index (χ4v) is 2.38. The second kappa shape index (κ2) is 8.25. The fourth-order valence-electron chi connectivity index (χ4n) is 2.38. The number of benzene rings is 2. The van der Waals surface area contributed by atoms with Crippen LogP contribution in [0, 0.1) is 5.82 Å². The van der Waals surface area contributed by atoms with Crippen LogP contribution in [0.15, 0.2) is 66.9 Å². The molecule has 0 fully saturated rings. The molecule has 0 atom stereocenters. The van der Waals surface area contributed by atoms with Gasteiger partial charge in [-0.3, -0.25) is 9.78 Å². The molecular weight excluding hydrogens is 331 g/mol. The number of hydrogen-bond acceptors (Lipinski definition) is 3. The molecule has 3 rings (SSSR count). The summed E-state index contributed by atoms with van der Waals surface area (Å²) in [7, 11) is 0. The van der Waals surface area contributed by atoms with Crippen molar-refractivity contribution in [3.05, 3.63) is 89.5 Å². The number of nitrogens with one attached hydrogen (secondary N) is 1. The molecule has 1 aromatic heterocycles. The van der Waals surface area contributed by atoms with Crippen LogP contribution in [0.25, 0.3) is 0 Å². The predicted octanol–water partition coefficient (Wildman–Crippen LogP) is 4.51. The van der Waals surface area contributed by atoms with E-state index in [0.29, 0.717) is 17.9 Å². The summed E-state index contributed by atoms with van der Waals surface area (Å²) >= 11 is 0. The van der Waals surface area contributed by atoms with Crippen molar-refractivity contribution in [1.82, 2.24) is 10.3 Å². The number of carbonyl (C=O) groups excluding carboxylic acids is 1. The standard InChI is InChI=1S/C21H19FN2O2/c1-2-17-10-9-16(14-23-17)21(25)24-13-15-7-11-18(12-8-15)26-20-6-4-3-5-19(20)22/h3-12,14H,2,13H2,1H3,(H,24,25). The third kappa shape index (κ3) is 4.45. The van der Waals surface area contributed by atoms with Crippen molar-refractivity contribution >= 4 is 5.91 Å². The fraction of sp³-hybridized carbons (Fsp3) is 0.143. The van der Waals surface area contributed by atoms with Gasteiger partial charge in [0.2, 0.25) is 0 Å². The Labute approximate surface area is 151 Å². The number of aryl methyl sites for hydroxylation is 1. The third-order valence-corrected chi connectivity index (χ3v) is 3.89. The Morgan fingerprint density at radius 2 is 1.85 bits per heavy atom. The Hall–Kier alpha value is -3.21. The van der Waals surface area contributed by atoms with E-state index in [2.05, 4.69) is 10.3 Å². The lowest BCUT2D eigenvalue weighted by Crippen LogP contribution is -2.22. The van der Waals surface area contributed by atoms with Crippen molar-refractivity contribution in [2.24, 2.45) is 0 Å². The minimum Gasteiger partial charge on any atom is -0.454 e. The maximum Gasteiger partial charge on any atom is 0.253 e. The van der Waals surface area contributed by atoms with Crippen molar-refractivity contribution in [2.75, 3.05) is 0 Å². The number of pyridine rings is 1. The molecule has 0 unspecified atom stereocenters. The lowest BCUT2D eigenvalue weighted by Gasteiger charge is -2.09. The van der Waals surface area contributed by atoms with Crippen LogP contribution in [0.1, 0.15) is 28.5 Å². The van der Waals surface area contributed by atoms with Gasteiger partial charge in [-0.1, -0.05) is 31.2 Å². The van der Waals surface area contributed by atoms with Crippen LogP contribution in [0.2, 0.25) is 0 Å². The second-order valence-electron chi connectivity index (χ2n) is 5.75. The van der Waals surface area contributed by atoms with Crippen LogP contribution in [-0.4, -0.2) is 10.9 Å². The Morgan fingerprint density at radius 3 is 2.50 bits per heavy atom. The van der Waals surface area contributed by atoms with E-state index in [4.69, 9.17) is 4.74 Å². The number of nitrogens with zero attached hydrogens (tertiary/aromatic N) is 1. The molecule has 0 spiro atoms. The van der Waals surface area contributed by atoms with Crippen LogP contribution >= 0.6 is 0 Å². The molecule has 4 nitrogen and oxygen atoms in total. The summed E-state index contributed by atoms with van der Waals surface area (Å²) < 4.78 is 19.1. The molecule has 5 heteroatoms. The Bertz CT molecular complexity index is 877. The van der Waals surface area contributed by atoms with E-state index >= 15 is 0 Å². The molecule has 0 radical (unpaired) electrons. The summed E-state index contributed by atoms with van der Waals surface area (Å²) in [4.78, 5) is 16.4. The maximum absolute atomic E-state index is 13.6. The topological polar surface area (TPSA) is 51.2 Å². The smallest absolute Gasteiger partial charge is 0.253 e. The first kappa shape index (κ1) is 17.6. The zero-order chi connectivity index (χ0) is 18.4. The van der Waals surface area contributed by atoms with Gasteiger partial charge in [0.1, 0.15) is 5.75 Å². The summed E-state index contributed by atoms with van der Waals surface area (Å²) in [5, 5.41) is 2.85. The van der Waals surface area contributed by atoms with E-state index in [1.807, 2.05) is 25.1 Å². The highest BCUT2D eigenvalue weighted by Crippen LogP contribution is 2.24. The second-order valence-corrected chi connectivity index (χ2v) is 5.75. The number of para-hydroxylation sites is 1. The normalized spacial score (nSPS) is 10.4. The van der Waals surface area contributed by atoms with Crippen LogP contribution in [0.3, 0.4) is 0 Å². The van der Waals surface area contributed by atoms with Gasteiger partial charge in [-0.15, -0.1) is 0 Å². The third-order valence-electron chi connectivity index (χ3n) is 3.89. The highest BCUT2D eigenvalue weighted by atomic mass is 19.1. The molecule has 0 aliphatic heterocycles. The van der Waals surface area contributed by atoms with Gasteiger partial charge in [0.25, 0.3) is 5.91 Å². The van der Waals surface area contributed by atoms with E-state index in [1.54, 1.807) is 42.6 Å². The van der Waals surface area contributed by atoms with Gasteiger partial charge in [0, 0.05) is 18.4 Å². The SMILES string of the molecule is CCc1ccc(C(=O)NCc2ccc(Oc3ccccc3F)cc2)cn1. The zero-order valence-corrected chi connectivity index (χ0v) is 14.4. The van der Waals surface area contributed by atoms with Gasteiger partial charge in [0.05, 0.1) is 5.56 Å². The number of rotatable bonds is 6. The van der Waals surface area contributed by atoms with Crippen LogP contribution in [0.4, 0.5) is 4.39 Å². The molecule has 0 aliphatic carbocycles. The van der Waals surface area contributed by atoms with Crippen molar-refractivity contribution in [2.45, 2.75) is 19.9 Å². The molecule has 0 saturated carbocycles. The molecule has 26 heavy (non-hydrogen) atoms. The first-order valence-electron chi connectivity index (χ1n) is 8.40. The Balaban J connectivity index is 1.57. The molecule has 2 aromatic carbocycles. The van der Waals surface area contributed by atoms with Gasteiger partial charge >= 0.3 is 0 Å². The lowest BCUT2D eigenvalue weighted by molar-refractivity contribution is 0.0950. The van der Waals surface area contributed by atoms with E-state index in [9.17, 15) is 9.18 Å². The largest absolute Gasteiger partial charge is 0.454 e. The van der Waals surface area contributed by atoms with E-state index in [1.165, 1.54) is 6.07 Å². The summed E-state index contributed by atoms with van der Waals surface area (Å²) in [6, 6.07) is 17.0. The maximum atomic E-state index is 13.6. The lowest BCUT2D eigenvalue weighted by atomic mass is 10.2. The molecule has 1 amide bonds. The highest BCUT2D eigenvalue weighted by molar-refractivity contribution is 5.93. The first-order valence-corrected chi connectivity index (χ1v) is 8.40. The Kier molecular flexibility index (Phi) is 5.59. The molecule has 1 heterocycles. The molecule has 3 aromatic rings. The van der Waals surface area contributed by atoms with E-state index in [0.717, 1.165) is 17.7 Å². The van der Waals surface area contributed by atoms with Crippen LogP contribution in [-0.2, 0) is 13.0 Å². The monoisotopic (exact) mass is 350 g/mol. The number of amides is 1. The van der Waals surface area contributed by atoms with Crippen molar-refractivity contribution < 1.29 is 13.9 Å². The number of ether oxygens (including phenoxy) is 1. The number of halogens is 1. The zero-order valence-electron chi connectivity index (χ0n) is 14.4. The van der Waals surface area contributed by atoms with Crippen LogP contribution < -0.4 is 10.1 Å². The molecule has 0 bridgehead atoms.